The number of hydrogen-bond acceptors (Lipinski definition) is 7. The normalized spacial score (nSPS) is 14.1. The molecule has 0 saturated heterocycles. The van der Waals surface area contributed by atoms with Crippen LogP contribution >= 0.6 is 11.3 Å². The van der Waals surface area contributed by atoms with Gasteiger partial charge in [0.05, 0.1) is 16.3 Å². The van der Waals surface area contributed by atoms with E-state index in [-0.39, 0.29) is 28.2 Å². The monoisotopic (exact) mass is 513 g/mol. The molecule has 0 aliphatic heterocycles. The lowest BCUT2D eigenvalue weighted by molar-refractivity contribution is -0.257. The average Bonchev–Trinajstić information content (AvgIpc) is 3.20. The van der Waals surface area contributed by atoms with Crippen molar-refractivity contribution in [2.24, 2.45) is 0 Å². The predicted octanol–water partition coefficient (Wildman–Crippen LogP) is 2.73. The van der Waals surface area contributed by atoms with Crippen LogP contribution in [-0.2, 0) is 15.2 Å². The molecule has 3 aromatic rings. The van der Waals surface area contributed by atoms with Crippen LogP contribution in [0.1, 0.15) is 5.56 Å². The predicted molar refractivity (Wildman–Crippen MR) is 121 cm³/mol. The average molecular weight is 513 g/mol. The van der Waals surface area contributed by atoms with Crippen molar-refractivity contribution < 1.29 is 37.1 Å². The topological polar surface area (TPSA) is 132 Å². The number of likely N-dealkylation sites (N-methyl/N-ethyl adjacent to an activating group) is 1. The molecule has 5 N–H and O–H groups in total. The Bertz CT molecular complexity index is 1230. The molecule has 0 unspecified atom stereocenters. The second-order valence-electron chi connectivity index (χ2n) is 7.27. The van der Waals surface area contributed by atoms with E-state index in [4.69, 9.17) is 0 Å². The molecule has 0 aliphatic carbocycles. The summed E-state index contributed by atoms with van der Waals surface area (Å²) in [6.45, 7) is -0.147. The van der Waals surface area contributed by atoms with Crippen LogP contribution in [0.2, 0.25) is 0 Å². The van der Waals surface area contributed by atoms with Gasteiger partial charge >= 0.3 is 12.2 Å². The molecule has 186 valence electrons. The Morgan fingerprint density at radius 3 is 2.43 bits per heavy atom. The maximum absolute atomic E-state index is 13.9. The summed E-state index contributed by atoms with van der Waals surface area (Å²) in [6.07, 6.45) is -5.18. The van der Waals surface area contributed by atoms with Crippen molar-refractivity contribution in [2.45, 2.75) is 17.8 Å². The highest BCUT2D eigenvalue weighted by Gasteiger charge is 2.61. The zero-order chi connectivity index (χ0) is 25.8. The summed E-state index contributed by atoms with van der Waals surface area (Å²) in [4.78, 5) is 39.8. The van der Waals surface area contributed by atoms with E-state index in [1.165, 1.54) is 19.2 Å². The maximum atomic E-state index is 13.9. The number of thiazole rings is 1. The second-order valence-corrected chi connectivity index (χ2v) is 8.30. The molecule has 35 heavy (non-hydrogen) atoms. The molecule has 2 atom stereocenters. The lowest BCUT2D eigenvalue weighted by Gasteiger charge is -2.30. The van der Waals surface area contributed by atoms with Crippen molar-refractivity contribution >= 4 is 50.6 Å². The van der Waals surface area contributed by atoms with Crippen LogP contribution < -0.4 is 21.3 Å². The van der Waals surface area contributed by atoms with Gasteiger partial charge in [0.1, 0.15) is 12.1 Å². The number of carbonyl (C=O) groups excluding carboxylic acids is 3. The smallest absolute Gasteiger partial charge is 0.369 e. The molecule has 0 bridgehead atoms. The van der Waals surface area contributed by atoms with E-state index in [2.05, 4.69) is 20.9 Å². The number of halogens is 4. The molecule has 0 fully saturated rings. The van der Waals surface area contributed by atoms with Gasteiger partial charge in [0, 0.05) is 17.8 Å². The van der Waals surface area contributed by atoms with Gasteiger partial charge in [-0.25, -0.2) is 14.2 Å². The number of benzene rings is 2. The fourth-order valence-corrected chi connectivity index (χ4v) is 3.95. The highest BCUT2D eigenvalue weighted by molar-refractivity contribution is 7.22. The lowest BCUT2D eigenvalue weighted by Crippen LogP contribution is -2.57. The highest BCUT2D eigenvalue weighted by atomic mass is 32.1. The number of nitrogens with one attached hydrogen (secondary N) is 4. The van der Waals surface area contributed by atoms with Crippen LogP contribution in [-0.4, -0.2) is 54.1 Å². The summed E-state index contributed by atoms with van der Waals surface area (Å²) >= 11 is 0.798. The van der Waals surface area contributed by atoms with E-state index in [0.717, 1.165) is 41.7 Å². The molecule has 1 heterocycles. The van der Waals surface area contributed by atoms with Crippen LogP contribution in [0.15, 0.2) is 42.5 Å². The number of aromatic nitrogens is 1. The number of carbonyl (C=O) groups is 3. The van der Waals surface area contributed by atoms with Crippen molar-refractivity contribution in [1.29, 1.82) is 0 Å². The van der Waals surface area contributed by atoms with Crippen molar-refractivity contribution in [3.63, 3.8) is 0 Å². The molecular formula is C21H19F4N5O4S. The highest BCUT2D eigenvalue weighted by Crippen LogP contribution is 2.41. The Hall–Kier alpha value is -3.62. The van der Waals surface area contributed by atoms with Gasteiger partial charge in [-0.3, -0.25) is 10.1 Å². The van der Waals surface area contributed by atoms with E-state index in [9.17, 15) is 37.1 Å². The number of hydrogen-bond donors (Lipinski definition) is 5. The van der Waals surface area contributed by atoms with Crippen molar-refractivity contribution in [3.05, 3.63) is 53.8 Å². The van der Waals surface area contributed by atoms with Gasteiger partial charge in [-0.1, -0.05) is 17.4 Å². The summed E-state index contributed by atoms with van der Waals surface area (Å²) in [5.74, 6) is -2.31. The van der Waals surface area contributed by atoms with Crippen LogP contribution in [0.25, 0.3) is 10.2 Å². The van der Waals surface area contributed by atoms with Crippen molar-refractivity contribution in [3.8, 4) is 0 Å². The molecule has 3 amide bonds. The minimum atomic E-state index is -5.42. The van der Waals surface area contributed by atoms with Crippen LogP contribution in [0.3, 0.4) is 0 Å². The van der Waals surface area contributed by atoms with Crippen LogP contribution in [0.5, 0.6) is 0 Å². The third-order valence-corrected chi connectivity index (χ3v) is 5.71. The van der Waals surface area contributed by atoms with Gasteiger partial charge in [0.2, 0.25) is 0 Å². The van der Waals surface area contributed by atoms with E-state index >= 15 is 0 Å². The first-order valence-electron chi connectivity index (χ1n) is 9.92. The number of anilines is 2. The minimum absolute atomic E-state index is 0.0202. The van der Waals surface area contributed by atoms with E-state index in [0.29, 0.717) is 5.69 Å². The maximum Gasteiger partial charge on any atom is 0.430 e. The quantitative estimate of drug-likeness (QED) is 0.233. The molecule has 9 nitrogen and oxygen atoms in total. The summed E-state index contributed by atoms with van der Waals surface area (Å²) in [6, 6.07) is 5.87. The van der Waals surface area contributed by atoms with Gasteiger partial charge < -0.3 is 25.9 Å². The second kappa shape index (κ2) is 10.3. The molecule has 0 aliphatic rings. The van der Waals surface area contributed by atoms with Gasteiger partial charge in [-0.2, -0.15) is 13.2 Å². The number of amides is 3. The summed E-state index contributed by atoms with van der Waals surface area (Å²) in [7, 11) is 1.43. The summed E-state index contributed by atoms with van der Waals surface area (Å²) < 4.78 is 54.7. The Kier molecular flexibility index (Phi) is 7.67. The number of alkyl halides is 3. The fraction of sp³-hybridized carbons (Fsp3) is 0.238. The Morgan fingerprint density at radius 1 is 1.14 bits per heavy atom. The molecule has 0 spiro atoms. The molecule has 2 aromatic carbocycles. The van der Waals surface area contributed by atoms with E-state index < -0.39 is 41.1 Å². The number of nitrogens with zero attached hydrogens (tertiary/aromatic N) is 1. The third kappa shape index (κ3) is 5.72. The van der Waals surface area contributed by atoms with Crippen molar-refractivity contribution in [2.75, 3.05) is 24.2 Å². The minimum Gasteiger partial charge on any atom is -0.369 e. The number of aldehydes is 1. The Morgan fingerprint density at radius 2 is 1.83 bits per heavy atom. The van der Waals surface area contributed by atoms with Gasteiger partial charge in [-0.05, 0) is 43.4 Å². The van der Waals surface area contributed by atoms with Crippen LogP contribution in [0, 0.1) is 5.82 Å². The summed E-state index contributed by atoms with van der Waals surface area (Å²) in [5, 5.41) is 19.8. The molecule has 14 heteroatoms. The largest absolute Gasteiger partial charge is 0.430 e. The number of fused-ring (bicyclic) bond motifs is 1. The SMILES string of the molecule is CNC[C@@H](C=O)NC(=O)[C@@](O)(c1ccc2nc(NC(=O)Nc3ccc(F)cc3)sc2c1)C(F)(F)F. The zero-order valence-electron chi connectivity index (χ0n) is 17.9. The van der Waals surface area contributed by atoms with Gasteiger partial charge in [-0.15, -0.1) is 0 Å². The van der Waals surface area contributed by atoms with E-state index in [1.807, 2.05) is 5.32 Å². The third-order valence-electron chi connectivity index (χ3n) is 4.77. The molecular weight excluding hydrogens is 494 g/mol. The van der Waals surface area contributed by atoms with Crippen molar-refractivity contribution in [1.82, 2.24) is 15.6 Å². The number of rotatable bonds is 8. The summed E-state index contributed by atoms with van der Waals surface area (Å²) in [5.41, 5.74) is -4.26. The Balaban J connectivity index is 1.86. The lowest BCUT2D eigenvalue weighted by atomic mass is 9.91. The van der Waals surface area contributed by atoms with E-state index in [1.54, 1.807) is 0 Å². The first-order chi connectivity index (χ1) is 16.5. The first kappa shape index (κ1) is 26.0. The number of urea groups is 1. The fourth-order valence-electron chi connectivity index (χ4n) is 3.05. The number of aliphatic hydroxyl groups is 1. The molecule has 3 rings (SSSR count). The van der Waals surface area contributed by atoms with Crippen LogP contribution in [0.4, 0.5) is 33.2 Å². The Labute approximate surface area is 199 Å². The molecule has 0 saturated carbocycles. The standard InChI is InChI=1S/C21H19F4N5O4S/c1-26-9-14(10-31)27-17(32)20(34,21(23,24)25)11-2-7-15-16(8-11)35-19(29-15)30-18(33)28-13-5-3-12(22)4-6-13/h2-8,10,14,26,34H,9H2,1H3,(H,27,32)(H2,28,29,30,33)/t14-,20-/m0/s1. The molecule has 1 aromatic heterocycles. The first-order valence-corrected chi connectivity index (χ1v) is 10.7. The zero-order valence-corrected chi connectivity index (χ0v) is 18.8. The van der Waals surface area contributed by atoms with Gasteiger partial charge in [0.25, 0.3) is 11.5 Å². The van der Waals surface area contributed by atoms with Gasteiger partial charge in [0.15, 0.2) is 5.13 Å². The molecule has 0 radical (unpaired) electrons.